The Kier molecular flexibility index (Phi) is 5.58. The van der Waals surface area contributed by atoms with E-state index in [2.05, 4.69) is 4.98 Å². The van der Waals surface area contributed by atoms with Gasteiger partial charge in [0, 0.05) is 5.56 Å². The molecule has 3 rings (SSSR count). The van der Waals surface area contributed by atoms with Gasteiger partial charge in [0.05, 0.1) is 12.3 Å². The predicted molar refractivity (Wildman–Crippen MR) is 102 cm³/mol. The number of aliphatic hydroxyl groups is 1. The van der Waals surface area contributed by atoms with Gasteiger partial charge in [-0.1, -0.05) is 42.5 Å². The van der Waals surface area contributed by atoms with Gasteiger partial charge >= 0.3 is 5.69 Å². The minimum Gasteiger partial charge on any atom is -0.379 e. The highest BCUT2D eigenvalue weighted by atomic mass is 19.1. The number of hydrogen-bond donors (Lipinski definition) is 2. The molecule has 2 N–H and O–H groups in total. The molecule has 0 spiro atoms. The Morgan fingerprint density at radius 1 is 1.14 bits per heavy atom. The first-order valence-electron chi connectivity index (χ1n) is 8.75. The zero-order valence-corrected chi connectivity index (χ0v) is 15.6. The van der Waals surface area contributed by atoms with Crippen LogP contribution in [0.25, 0.3) is 0 Å². The second kappa shape index (κ2) is 7.92. The van der Waals surface area contributed by atoms with Gasteiger partial charge in [-0.05, 0) is 37.1 Å². The minimum atomic E-state index is -1.78. The average molecular weight is 384 g/mol. The minimum absolute atomic E-state index is 0.0555. The molecule has 1 heterocycles. The molecule has 3 aromatic rings. The third kappa shape index (κ3) is 3.95. The lowest BCUT2D eigenvalue weighted by Crippen LogP contribution is -2.41. The largest absolute Gasteiger partial charge is 0.379 e. The summed E-state index contributed by atoms with van der Waals surface area (Å²) in [6.07, 6.45) is 0. The zero-order valence-electron chi connectivity index (χ0n) is 15.6. The van der Waals surface area contributed by atoms with E-state index in [4.69, 9.17) is 4.74 Å². The summed E-state index contributed by atoms with van der Waals surface area (Å²) >= 11 is 0. The first-order valence-corrected chi connectivity index (χ1v) is 8.75. The molecule has 1 aromatic heterocycles. The first kappa shape index (κ1) is 19.7. The summed E-state index contributed by atoms with van der Waals surface area (Å²) in [5, 5.41) is 11.2. The molecule has 2 aromatic carbocycles. The van der Waals surface area contributed by atoms with E-state index in [-0.39, 0.29) is 30.2 Å². The monoisotopic (exact) mass is 384 g/mol. The second-order valence-corrected chi connectivity index (χ2v) is 6.71. The van der Waals surface area contributed by atoms with Gasteiger partial charge in [-0.3, -0.25) is 14.3 Å². The first-order chi connectivity index (χ1) is 13.3. The molecule has 0 bridgehead atoms. The third-order valence-electron chi connectivity index (χ3n) is 4.61. The number of ether oxygens (including phenoxy) is 1. The fourth-order valence-electron chi connectivity index (χ4n) is 3.18. The molecule has 1 atom stereocenters. The molecule has 0 aliphatic carbocycles. The Morgan fingerprint density at radius 3 is 2.54 bits per heavy atom. The van der Waals surface area contributed by atoms with Crippen LogP contribution in [0.1, 0.15) is 29.3 Å². The third-order valence-corrected chi connectivity index (χ3v) is 4.61. The van der Waals surface area contributed by atoms with Crippen molar-refractivity contribution in [3.05, 3.63) is 104 Å². The number of rotatable bonds is 6. The molecule has 0 saturated carbocycles. The van der Waals surface area contributed by atoms with E-state index >= 15 is 0 Å². The van der Waals surface area contributed by atoms with E-state index in [1.807, 2.05) is 30.3 Å². The van der Waals surface area contributed by atoms with Crippen LogP contribution >= 0.6 is 0 Å². The van der Waals surface area contributed by atoms with Gasteiger partial charge in [-0.15, -0.1) is 0 Å². The second-order valence-electron chi connectivity index (χ2n) is 6.71. The Hall–Kier alpha value is -3.03. The molecule has 0 saturated heterocycles. The highest BCUT2D eigenvalue weighted by Gasteiger charge is 2.32. The molecular formula is C21H21FN2O4. The molecule has 0 radical (unpaired) electrons. The van der Waals surface area contributed by atoms with Crippen LogP contribution in [-0.4, -0.2) is 14.7 Å². The quantitative estimate of drug-likeness (QED) is 0.684. The fraction of sp³-hybridized carbons (Fsp3) is 0.238. The van der Waals surface area contributed by atoms with Crippen LogP contribution in [0.2, 0.25) is 0 Å². The maximum Gasteiger partial charge on any atom is 0.330 e. The van der Waals surface area contributed by atoms with Crippen molar-refractivity contribution in [3.8, 4) is 0 Å². The molecule has 0 amide bonds. The summed E-state index contributed by atoms with van der Waals surface area (Å²) in [4.78, 5) is 26.8. The molecule has 0 fully saturated rings. The van der Waals surface area contributed by atoms with Crippen LogP contribution in [0.5, 0.6) is 0 Å². The van der Waals surface area contributed by atoms with Gasteiger partial charge in [-0.25, -0.2) is 9.18 Å². The number of nitrogens with zero attached hydrogens (tertiary/aromatic N) is 1. The highest BCUT2D eigenvalue weighted by Crippen LogP contribution is 2.30. The number of aromatic nitrogens is 2. The van der Waals surface area contributed by atoms with Crippen molar-refractivity contribution in [2.75, 3.05) is 0 Å². The van der Waals surface area contributed by atoms with E-state index in [9.17, 15) is 19.1 Å². The Balaban J connectivity index is 2.02. The summed E-state index contributed by atoms with van der Waals surface area (Å²) in [5.41, 5.74) is -1.77. The van der Waals surface area contributed by atoms with Crippen molar-refractivity contribution in [1.29, 1.82) is 0 Å². The molecule has 7 heteroatoms. The van der Waals surface area contributed by atoms with E-state index in [1.165, 1.54) is 38.1 Å². The smallest absolute Gasteiger partial charge is 0.330 e. The molecule has 6 nitrogen and oxygen atoms in total. The van der Waals surface area contributed by atoms with Crippen molar-refractivity contribution in [3.63, 3.8) is 0 Å². The van der Waals surface area contributed by atoms with Gasteiger partial charge in [0.25, 0.3) is 5.56 Å². The van der Waals surface area contributed by atoms with Gasteiger partial charge in [0.2, 0.25) is 0 Å². The molecule has 146 valence electrons. The van der Waals surface area contributed by atoms with Gasteiger partial charge in [-0.2, -0.15) is 0 Å². The summed E-state index contributed by atoms with van der Waals surface area (Å²) in [6.45, 7) is 2.96. The lowest BCUT2D eigenvalue weighted by atomic mass is 9.89. The van der Waals surface area contributed by atoms with Crippen LogP contribution in [0, 0.1) is 12.7 Å². The number of benzene rings is 2. The average Bonchev–Trinajstić information content (AvgIpc) is 2.66. The Morgan fingerprint density at radius 2 is 1.86 bits per heavy atom. The van der Waals surface area contributed by atoms with Crippen LogP contribution in [-0.2, 0) is 23.7 Å². The summed E-state index contributed by atoms with van der Waals surface area (Å²) in [5.74, 6) is -0.533. The lowest BCUT2D eigenvalue weighted by Gasteiger charge is -2.28. The SMILES string of the molecule is Cc1c(C(C)(O)c2cccc(F)c2)n(COCc2ccccc2)c(=O)[nH]c1=O. The Bertz CT molecular complexity index is 1090. The van der Waals surface area contributed by atoms with Crippen molar-refractivity contribution in [1.82, 2.24) is 9.55 Å². The summed E-state index contributed by atoms with van der Waals surface area (Å²) in [7, 11) is 0. The molecule has 0 aliphatic rings. The van der Waals surface area contributed by atoms with E-state index in [1.54, 1.807) is 0 Å². The number of H-pyrrole nitrogens is 1. The summed E-state index contributed by atoms with van der Waals surface area (Å²) < 4.78 is 20.5. The van der Waals surface area contributed by atoms with Gasteiger partial charge < -0.3 is 9.84 Å². The number of hydrogen-bond acceptors (Lipinski definition) is 4. The van der Waals surface area contributed by atoms with Crippen molar-refractivity contribution in [2.45, 2.75) is 32.8 Å². The predicted octanol–water partition coefficient (Wildman–Crippen LogP) is 2.41. The Labute approximate surface area is 160 Å². The van der Waals surface area contributed by atoms with Crippen LogP contribution in [0.3, 0.4) is 0 Å². The fourth-order valence-corrected chi connectivity index (χ4v) is 3.18. The highest BCUT2D eigenvalue weighted by molar-refractivity contribution is 5.35. The van der Waals surface area contributed by atoms with Crippen molar-refractivity contribution in [2.24, 2.45) is 0 Å². The maximum atomic E-state index is 13.7. The number of nitrogens with one attached hydrogen (secondary N) is 1. The number of halogens is 1. The van der Waals surface area contributed by atoms with E-state index in [0.717, 1.165) is 10.1 Å². The van der Waals surface area contributed by atoms with E-state index in [0.29, 0.717) is 0 Å². The van der Waals surface area contributed by atoms with Crippen LogP contribution in [0.4, 0.5) is 4.39 Å². The van der Waals surface area contributed by atoms with Crippen LogP contribution in [0.15, 0.2) is 64.2 Å². The maximum absolute atomic E-state index is 13.7. The van der Waals surface area contributed by atoms with Gasteiger partial charge in [0.15, 0.2) is 0 Å². The summed E-state index contributed by atoms with van der Waals surface area (Å²) in [6, 6.07) is 14.8. The lowest BCUT2D eigenvalue weighted by molar-refractivity contribution is 0.0385. The van der Waals surface area contributed by atoms with Gasteiger partial charge in [0.1, 0.15) is 18.1 Å². The standard InChI is InChI=1S/C21H21FN2O4/c1-14-18(21(2,27)16-9-6-10-17(22)11-16)24(20(26)23-19(14)25)13-28-12-15-7-4-3-5-8-15/h3-11,27H,12-13H2,1-2H3,(H,23,25,26). The van der Waals surface area contributed by atoms with Crippen molar-refractivity contribution < 1.29 is 14.2 Å². The zero-order chi connectivity index (χ0) is 20.3. The van der Waals surface area contributed by atoms with Crippen LogP contribution < -0.4 is 11.2 Å². The van der Waals surface area contributed by atoms with E-state index < -0.39 is 22.7 Å². The molecular weight excluding hydrogens is 363 g/mol. The topological polar surface area (TPSA) is 84.3 Å². The molecule has 1 unspecified atom stereocenters. The molecule has 0 aliphatic heterocycles. The normalized spacial score (nSPS) is 13.3. The molecule has 28 heavy (non-hydrogen) atoms. The van der Waals surface area contributed by atoms with Crippen molar-refractivity contribution >= 4 is 0 Å². The number of aromatic amines is 1.